The highest BCUT2D eigenvalue weighted by atomic mass is 16.5. The lowest BCUT2D eigenvalue weighted by Gasteiger charge is -2.39. The van der Waals surface area contributed by atoms with Gasteiger partial charge in [0.05, 0.1) is 17.8 Å². The summed E-state index contributed by atoms with van der Waals surface area (Å²) >= 11 is 0. The summed E-state index contributed by atoms with van der Waals surface area (Å²) < 4.78 is 11.3. The van der Waals surface area contributed by atoms with Crippen LogP contribution in [-0.4, -0.2) is 24.7 Å². The quantitative estimate of drug-likeness (QED) is 0.831. The van der Waals surface area contributed by atoms with Gasteiger partial charge < -0.3 is 14.5 Å². The van der Waals surface area contributed by atoms with Gasteiger partial charge in [0.1, 0.15) is 5.76 Å². The van der Waals surface area contributed by atoms with Gasteiger partial charge in [0.25, 0.3) is 0 Å². The van der Waals surface area contributed by atoms with Gasteiger partial charge in [-0.1, -0.05) is 0 Å². The molecule has 90 valence electrons. The molecule has 1 aromatic rings. The highest BCUT2D eigenvalue weighted by Gasteiger charge is 2.38. The van der Waals surface area contributed by atoms with Gasteiger partial charge in [-0.2, -0.15) is 0 Å². The predicted molar refractivity (Wildman–Crippen MR) is 61.3 cm³/mol. The second-order valence-corrected chi connectivity index (χ2v) is 4.59. The SMILES string of the molecule is CNC(C)c1ncc(CC2(OC)CCC2)o1. The number of hydrogen-bond donors (Lipinski definition) is 1. The van der Waals surface area contributed by atoms with E-state index in [-0.39, 0.29) is 11.6 Å². The van der Waals surface area contributed by atoms with E-state index in [4.69, 9.17) is 9.15 Å². The molecule has 4 nitrogen and oxygen atoms in total. The third-order valence-corrected chi connectivity index (χ3v) is 3.57. The van der Waals surface area contributed by atoms with E-state index in [2.05, 4.69) is 10.3 Å². The molecule has 1 aliphatic carbocycles. The fourth-order valence-electron chi connectivity index (χ4n) is 2.07. The predicted octanol–water partition coefficient (Wildman–Crippen LogP) is 2.07. The summed E-state index contributed by atoms with van der Waals surface area (Å²) in [7, 11) is 3.68. The second kappa shape index (κ2) is 4.55. The number of methoxy groups -OCH3 is 1. The molecule has 16 heavy (non-hydrogen) atoms. The minimum atomic E-state index is 0.0136. The van der Waals surface area contributed by atoms with E-state index in [1.807, 2.05) is 20.2 Å². The van der Waals surface area contributed by atoms with Crippen LogP contribution < -0.4 is 5.32 Å². The lowest BCUT2D eigenvalue weighted by atomic mass is 9.77. The highest BCUT2D eigenvalue weighted by Crippen LogP contribution is 2.38. The maximum absolute atomic E-state index is 5.72. The maximum atomic E-state index is 5.72. The number of ether oxygens (including phenoxy) is 1. The number of hydrogen-bond acceptors (Lipinski definition) is 4. The van der Waals surface area contributed by atoms with Crippen molar-refractivity contribution in [3.8, 4) is 0 Å². The first-order valence-corrected chi connectivity index (χ1v) is 5.86. The Bertz CT molecular complexity index is 339. The first-order valence-electron chi connectivity index (χ1n) is 5.86. The van der Waals surface area contributed by atoms with Gasteiger partial charge >= 0.3 is 0 Å². The molecule has 2 rings (SSSR count). The zero-order valence-corrected chi connectivity index (χ0v) is 10.2. The minimum Gasteiger partial charge on any atom is -0.444 e. The molecule has 1 fully saturated rings. The molecule has 1 aliphatic rings. The lowest BCUT2D eigenvalue weighted by Crippen LogP contribution is -2.41. The summed E-state index contributed by atoms with van der Waals surface area (Å²) in [5.74, 6) is 1.68. The zero-order chi connectivity index (χ0) is 11.6. The van der Waals surface area contributed by atoms with Crippen molar-refractivity contribution in [3.63, 3.8) is 0 Å². The van der Waals surface area contributed by atoms with Crippen LogP contribution >= 0.6 is 0 Å². The van der Waals surface area contributed by atoms with Crippen molar-refractivity contribution in [1.29, 1.82) is 0 Å². The van der Waals surface area contributed by atoms with Gasteiger partial charge in [-0.15, -0.1) is 0 Å². The molecule has 0 spiro atoms. The van der Waals surface area contributed by atoms with Gasteiger partial charge in [0, 0.05) is 13.5 Å². The monoisotopic (exact) mass is 224 g/mol. The first-order chi connectivity index (χ1) is 7.69. The number of nitrogens with one attached hydrogen (secondary N) is 1. The van der Waals surface area contributed by atoms with Crippen molar-refractivity contribution in [2.24, 2.45) is 0 Å². The highest BCUT2D eigenvalue weighted by molar-refractivity contribution is 5.05. The van der Waals surface area contributed by atoms with Crippen LogP contribution in [0.5, 0.6) is 0 Å². The number of oxazole rings is 1. The molecule has 0 radical (unpaired) electrons. The average molecular weight is 224 g/mol. The van der Waals surface area contributed by atoms with E-state index in [9.17, 15) is 0 Å². The van der Waals surface area contributed by atoms with Crippen molar-refractivity contribution in [1.82, 2.24) is 10.3 Å². The van der Waals surface area contributed by atoms with Crippen LogP contribution in [0.25, 0.3) is 0 Å². The Balaban J connectivity index is 2.02. The van der Waals surface area contributed by atoms with Crippen LogP contribution in [0, 0.1) is 0 Å². The van der Waals surface area contributed by atoms with Gasteiger partial charge in [0.2, 0.25) is 5.89 Å². The fraction of sp³-hybridized carbons (Fsp3) is 0.750. The standard InChI is InChI=1S/C12H20N2O2/c1-9(13-2)11-14-8-10(16-11)7-12(15-3)5-4-6-12/h8-9,13H,4-7H2,1-3H3. The van der Waals surface area contributed by atoms with Crippen LogP contribution in [-0.2, 0) is 11.2 Å². The average Bonchev–Trinajstić information content (AvgIpc) is 2.70. The van der Waals surface area contributed by atoms with E-state index in [1.54, 1.807) is 7.11 Å². The Labute approximate surface area is 96.4 Å². The molecule has 0 aromatic carbocycles. The molecule has 1 unspecified atom stereocenters. The summed E-state index contributed by atoms with van der Waals surface area (Å²) in [6.07, 6.45) is 6.17. The molecule has 0 aliphatic heterocycles. The number of rotatable bonds is 5. The number of nitrogens with zero attached hydrogens (tertiary/aromatic N) is 1. The molecule has 1 N–H and O–H groups in total. The van der Waals surface area contributed by atoms with Crippen LogP contribution in [0.15, 0.2) is 10.6 Å². The summed E-state index contributed by atoms with van der Waals surface area (Å²) in [5, 5.41) is 3.11. The molecule has 1 atom stereocenters. The molecule has 1 aromatic heterocycles. The van der Waals surface area contributed by atoms with Crippen molar-refractivity contribution in [2.75, 3.05) is 14.2 Å². The molecular formula is C12H20N2O2. The smallest absolute Gasteiger partial charge is 0.211 e. The third-order valence-electron chi connectivity index (χ3n) is 3.57. The summed E-state index contributed by atoms with van der Waals surface area (Å²) in [6.45, 7) is 2.03. The summed E-state index contributed by atoms with van der Waals surface area (Å²) in [4.78, 5) is 4.28. The van der Waals surface area contributed by atoms with E-state index < -0.39 is 0 Å². The fourth-order valence-corrected chi connectivity index (χ4v) is 2.07. The zero-order valence-electron chi connectivity index (χ0n) is 10.2. The Kier molecular flexibility index (Phi) is 3.30. The van der Waals surface area contributed by atoms with Crippen LogP contribution in [0.1, 0.15) is 43.9 Å². The molecule has 4 heteroatoms. The largest absolute Gasteiger partial charge is 0.444 e. The van der Waals surface area contributed by atoms with Gasteiger partial charge in [0.15, 0.2) is 0 Å². The topological polar surface area (TPSA) is 47.3 Å². The molecule has 0 amide bonds. The molecule has 0 saturated heterocycles. The minimum absolute atomic E-state index is 0.0136. The van der Waals surface area contributed by atoms with Gasteiger partial charge in [-0.05, 0) is 33.2 Å². The summed E-state index contributed by atoms with van der Waals surface area (Å²) in [5.41, 5.74) is 0.0136. The Morgan fingerprint density at radius 2 is 2.38 bits per heavy atom. The molecule has 1 saturated carbocycles. The van der Waals surface area contributed by atoms with Gasteiger partial charge in [-0.3, -0.25) is 0 Å². The van der Waals surface area contributed by atoms with E-state index in [0.717, 1.165) is 30.9 Å². The van der Waals surface area contributed by atoms with Crippen molar-refractivity contribution < 1.29 is 9.15 Å². The van der Waals surface area contributed by atoms with E-state index in [1.165, 1.54) is 6.42 Å². The summed E-state index contributed by atoms with van der Waals surface area (Å²) in [6, 6.07) is 0.161. The van der Waals surface area contributed by atoms with E-state index in [0.29, 0.717) is 0 Å². The normalized spacial score (nSPS) is 20.4. The van der Waals surface area contributed by atoms with Crippen LogP contribution in [0.2, 0.25) is 0 Å². The molecule has 0 bridgehead atoms. The second-order valence-electron chi connectivity index (χ2n) is 4.59. The van der Waals surface area contributed by atoms with E-state index >= 15 is 0 Å². The molecular weight excluding hydrogens is 204 g/mol. The lowest BCUT2D eigenvalue weighted by molar-refractivity contribution is -0.0739. The van der Waals surface area contributed by atoms with Crippen molar-refractivity contribution in [3.05, 3.63) is 17.8 Å². The Morgan fingerprint density at radius 1 is 1.62 bits per heavy atom. The molecule has 1 heterocycles. The Hall–Kier alpha value is -0.870. The van der Waals surface area contributed by atoms with Crippen molar-refractivity contribution in [2.45, 2.75) is 44.2 Å². The number of aromatic nitrogens is 1. The first kappa shape index (κ1) is 11.6. The van der Waals surface area contributed by atoms with Crippen LogP contribution in [0.3, 0.4) is 0 Å². The van der Waals surface area contributed by atoms with Gasteiger partial charge in [-0.25, -0.2) is 4.98 Å². The third kappa shape index (κ3) is 2.13. The van der Waals surface area contributed by atoms with Crippen molar-refractivity contribution >= 4 is 0 Å². The Morgan fingerprint density at radius 3 is 2.88 bits per heavy atom. The van der Waals surface area contributed by atoms with Crippen LogP contribution in [0.4, 0.5) is 0 Å². The maximum Gasteiger partial charge on any atom is 0.211 e.